The van der Waals surface area contributed by atoms with Gasteiger partial charge < -0.3 is 14.2 Å². The molecule has 1 aromatic heterocycles. The van der Waals surface area contributed by atoms with Gasteiger partial charge in [-0.15, -0.1) is 6.58 Å². The van der Waals surface area contributed by atoms with Crippen molar-refractivity contribution < 1.29 is 4.42 Å². The second-order valence-corrected chi connectivity index (χ2v) is 9.43. The summed E-state index contributed by atoms with van der Waals surface area (Å²) in [6.45, 7) is 5.47. The van der Waals surface area contributed by atoms with Crippen LogP contribution < -0.4 is 9.80 Å². The van der Waals surface area contributed by atoms with E-state index in [4.69, 9.17) is 4.42 Å². The second kappa shape index (κ2) is 5.05. The predicted molar refractivity (Wildman–Crippen MR) is 126 cm³/mol. The van der Waals surface area contributed by atoms with Crippen molar-refractivity contribution in [1.82, 2.24) is 0 Å². The van der Waals surface area contributed by atoms with Crippen LogP contribution in [-0.2, 0) is 5.41 Å². The van der Waals surface area contributed by atoms with Gasteiger partial charge in [0.25, 0.3) is 0 Å². The van der Waals surface area contributed by atoms with E-state index in [9.17, 15) is 0 Å². The Morgan fingerprint density at radius 3 is 2.71 bits per heavy atom. The van der Waals surface area contributed by atoms with E-state index in [1.165, 1.54) is 33.4 Å². The molecule has 0 N–H and O–H groups in total. The summed E-state index contributed by atoms with van der Waals surface area (Å²) in [4.78, 5) is 5.20. The zero-order valence-electron chi connectivity index (χ0n) is 17.2. The highest BCUT2D eigenvalue weighted by molar-refractivity contribution is 6.11. The Morgan fingerprint density at radius 2 is 1.81 bits per heavy atom. The van der Waals surface area contributed by atoms with Crippen LogP contribution in [0.25, 0.3) is 21.9 Å². The molecule has 0 radical (unpaired) electrons. The summed E-state index contributed by atoms with van der Waals surface area (Å²) >= 11 is 0. The van der Waals surface area contributed by atoms with Gasteiger partial charge in [-0.3, -0.25) is 0 Å². The average Bonchev–Trinajstić information content (AvgIpc) is 3.55. The van der Waals surface area contributed by atoms with Crippen molar-refractivity contribution in [1.29, 1.82) is 0 Å². The maximum absolute atomic E-state index is 6.59. The van der Waals surface area contributed by atoms with Crippen molar-refractivity contribution in [3.63, 3.8) is 0 Å². The van der Waals surface area contributed by atoms with Crippen molar-refractivity contribution in [3.05, 3.63) is 91.0 Å². The van der Waals surface area contributed by atoms with Gasteiger partial charge in [0.15, 0.2) is 5.58 Å². The van der Waals surface area contributed by atoms with Crippen LogP contribution in [0.3, 0.4) is 0 Å². The number of para-hydroxylation sites is 3. The van der Waals surface area contributed by atoms with Crippen molar-refractivity contribution in [2.24, 2.45) is 5.41 Å². The van der Waals surface area contributed by atoms with Gasteiger partial charge in [0.1, 0.15) is 11.7 Å². The molecule has 4 aromatic rings. The number of rotatable bonds is 1. The molecule has 3 aromatic carbocycles. The molecule has 3 atom stereocenters. The minimum absolute atomic E-state index is 0.0282. The van der Waals surface area contributed by atoms with Crippen LogP contribution in [-0.4, -0.2) is 12.7 Å². The summed E-state index contributed by atoms with van der Waals surface area (Å²) in [6.07, 6.45) is 9.54. The summed E-state index contributed by atoms with van der Waals surface area (Å²) in [6, 6.07) is 21.9. The van der Waals surface area contributed by atoms with Crippen LogP contribution >= 0.6 is 0 Å². The van der Waals surface area contributed by atoms with Gasteiger partial charge in [-0.2, -0.15) is 0 Å². The minimum Gasteiger partial charge on any atom is -0.454 e. The molecular weight excluding hydrogens is 380 g/mol. The maximum Gasteiger partial charge on any atom is 0.159 e. The smallest absolute Gasteiger partial charge is 0.159 e. The van der Waals surface area contributed by atoms with E-state index >= 15 is 0 Å². The maximum atomic E-state index is 6.59. The van der Waals surface area contributed by atoms with E-state index in [-0.39, 0.29) is 17.0 Å². The van der Waals surface area contributed by atoms with Gasteiger partial charge in [-0.1, -0.05) is 60.7 Å². The van der Waals surface area contributed by atoms with Gasteiger partial charge in [-0.25, -0.2) is 0 Å². The molecule has 3 aliphatic heterocycles. The van der Waals surface area contributed by atoms with Gasteiger partial charge in [0, 0.05) is 28.1 Å². The summed E-state index contributed by atoms with van der Waals surface area (Å²) in [5.74, 6) is 0. The Balaban J connectivity index is 1.57. The lowest BCUT2D eigenvalue weighted by Crippen LogP contribution is -2.57. The Morgan fingerprint density at radius 1 is 0.968 bits per heavy atom. The number of anilines is 3. The van der Waals surface area contributed by atoms with Crippen LogP contribution in [0, 0.1) is 5.41 Å². The van der Waals surface area contributed by atoms with E-state index in [1.807, 2.05) is 0 Å². The molecule has 4 heterocycles. The number of fused-ring (bicyclic) bond motifs is 10. The Kier molecular flexibility index (Phi) is 2.65. The Bertz CT molecular complexity index is 1480. The fraction of sp³-hybridized carbons (Fsp3) is 0.214. The van der Waals surface area contributed by atoms with Crippen LogP contribution in [0.4, 0.5) is 17.1 Å². The minimum atomic E-state index is -0.104. The van der Waals surface area contributed by atoms with Crippen molar-refractivity contribution in [2.45, 2.75) is 24.4 Å². The standard InChI is InChI=1S/C28H22N2O/c1-2-27-14-7-15-28(27)16-17-29-21-9-4-5-10-22(21)30(26(28)29)24-20(27)13-12-19-18-8-3-6-11-23(18)31-25(19)24/h2-13,15,26H,1,14,16-17H2. The van der Waals surface area contributed by atoms with Gasteiger partial charge >= 0.3 is 0 Å². The van der Waals surface area contributed by atoms with E-state index in [2.05, 4.69) is 95.3 Å². The predicted octanol–water partition coefficient (Wildman–Crippen LogP) is 6.66. The fourth-order valence-electron chi connectivity index (χ4n) is 7.28. The molecule has 3 heteroatoms. The molecule has 1 fully saturated rings. The fourth-order valence-corrected chi connectivity index (χ4v) is 7.28. The van der Waals surface area contributed by atoms with Gasteiger partial charge in [0.2, 0.25) is 0 Å². The zero-order valence-corrected chi connectivity index (χ0v) is 17.2. The van der Waals surface area contributed by atoms with Crippen LogP contribution in [0.1, 0.15) is 18.4 Å². The number of nitrogens with zero attached hydrogens (tertiary/aromatic N) is 2. The SMILES string of the molecule is C=CC12CC=CC13CCN1c4ccccc4N(c4c2ccc2c4oc4ccccc42)C13. The summed E-state index contributed by atoms with van der Waals surface area (Å²) in [5, 5.41) is 2.38. The lowest BCUT2D eigenvalue weighted by atomic mass is 9.57. The molecule has 1 aliphatic carbocycles. The lowest BCUT2D eigenvalue weighted by Gasteiger charge is -2.53. The first-order valence-corrected chi connectivity index (χ1v) is 11.2. The van der Waals surface area contributed by atoms with Crippen molar-refractivity contribution in [3.8, 4) is 0 Å². The molecule has 3 nitrogen and oxygen atoms in total. The topological polar surface area (TPSA) is 19.6 Å². The molecule has 1 spiro atoms. The third-order valence-corrected chi connectivity index (χ3v) is 8.49. The van der Waals surface area contributed by atoms with Crippen LogP contribution in [0.15, 0.2) is 89.9 Å². The molecule has 3 unspecified atom stereocenters. The molecule has 0 amide bonds. The highest BCUT2D eigenvalue weighted by Gasteiger charge is 2.67. The Labute approximate surface area is 180 Å². The first-order valence-electron chi connectivity index (χ1n) is 11.2. The van der Waals surface area contributed by atoms with Gasteiger partial charge in [-0.05, 0) is 36.6 Å². The molecule has 150 valence electrons. The van der Waals surface area contributed by atoms with E-state index in [1.54, 1.807) is 0 Å². The number of hydrogen-bond donors (Lipinski definition) is 0. The highest BCUT2D eigenvalue weighted by Crippen LogP contribution is 2.69. The summed E-state index contributed by atoms with van der Waals surface area (Å²) < 4.78 is 6.59. The van der Waals surface area contributed by atoms with Gasteiger partial charge in [0.05, 0.1) is 17.1 Å². The summed E-state index contributed by atoms with van der Waals surface area (Å²) in [5.41, 5.74) is 7.10. The highest BCUT2D eigenvalue weighted by atomic mass is 16.3. The molecule has 0 bridgehead atoms. The molecule has 0 saturated carbocycles. The third kappa shape index (κ3) is 1.55. The third-order valence-electron chi connectivity index (χ3n) is 8.49. The molecule has 8 rings (SSSR count). The first kappa shape index (κ1) is 16.3. The van der Waals surface area contributed by atoms with Crippen LogP contribution in [0.2, 0.25) is 0 Å². The monoisotopic (exact) mass is 402 g/mol. The average molecular weight is 402 g/mol. The number of allylic oxidation sites excluding steroid dienone is 2. The molecule has 4 aliphatic rings. The molecular formula is C28H22N2O. The first-order chi connectivity index (χ1) is 15.3. The zero-order chi connectivity index (χ0) is 20.4. The lowest BCUT2D eigenvalue weighted by molar-refractivity contribution is 0.216. The Hall–Kier alpha value is -3.46. The quantitative estimate of drug-likeness (QED) is 0.332. The summed E-state index contributed by atoms with van der Waals surface area (Å²) in [7, 11) is 0. The van der Waals surface area contributed by atoms with E-state index in [0.29, 0.717) is 0 Å². The molecule has 31 heavy (non-hydrogen) atoms. The van der Waals surface area contributed by atoms with E-state index in [0.717, 1.165) is 30.6 Å². The van der Waals surface area contributed by atoms with Crippen molar-refractivity contribution >= 4 is 39.0 Å². The number of hydrogen-bond acceptors (Lipinski definition) is 3. The van der Waals surface area contributed by atoms with E-state index < -0.39 is 0 Å². The van der Waals surface area contributed by atoms with Crippen molar-refractivity contribution in [2.75, 3.05) is 16.3 Å². The molecule has 1 saturated heterocycles. The second-order valence-electron chi connectivity index (χ2n) is 9.43. The van der Waals surface area contributed by atoms with Crippen LogP contribution in [0.5, 0.6) is 0 Å². The number of benzene rings is 3. The number of furan rings is 1. The normalized spacial score (nSPS) is 29.4. The largest absolute Gasteiger partial charge is 0.454 e.